The van der Waals surface area contributed by atoms with E-state index < -0.39 is 10.8 Å². The molecule has 1 N–H and O–H groups in total. The summed E-state index contributed by atoms with van der Waals surface area (Å²) >= 11 is 6.81. The minimum Gasteiger partial charge on any atom is -0.489 e. The number of hydrogen-bond donors (Lipinski definition) is 1. The van der Waals surface area contributed by atoms with Crippen LogP contribution >= 0.6 is 31.9 Å². The molecule has 10 heteroatoms. The van der Waals surface area contributed by atoms with E-state index in [1.807, 2.05) is 12.1 Å². The van der Waals surface area contributed by atoms with Crippen molar-refractivity contribution in [2.45, 2.75) is 6.61 Å². The van der Waals surface area contributed by atoms with Crippen molar-refractivity contribution in [3.63, 3.8) is 0 Å². The van der Waals surface area contributed by atoms with E-state index >= 15 is 0 Å². The first-order valence-corrected chi connectivity index (χ1v) is 11.2. The maximum absolute atomic E-state index is 12.3. The SMILES string of the molecule is O=C(N/N=C\c1ccc(OCc2cccc([N+](=O)[O-])c2)cc1)c1cc2cc(Br)cc(Br)c2o1. The second kappa shape index (κ2) is 9.97. The molecule has 0 aliphatic rings. The molecule has 0 bridgehead atoms. The summed E-state index contributed by atoms with van der Waals surface area (Å²) in [6, 6.07) is 18.7. The molecule has 0 aliphatic heterocycles. The lowest BCUT2D eigenvalue weighted by Crippen LogP contribution is -2.16. The van der Waals surface area contributed by atoms with Crippen molar-refractivity contribution in [3.05, 3.63) is 103 Å². The summed E-state index contributed by atoms with van der Waals surface area (Å²) in [6.45, 7) is 0.204. The second-order valence-electron chi connectivity index (χ2n) is 6.90. The molecule has 0 spiro atoms. The minimum absolute atomic E-state index is 0.0212. The maximum Gasteiger partial charge on any atom is 0.307 e. The Labute approximate surface area is 204 Å². The zero-order valence-corrected chi connectivity index (χ0v) is 20.0. The summed E-state index contributed by atoms with van der Waals surface area (Å²) in [5.74, 6) is 0.273. The van der Waals surface area contributed by atoms with Gasteiger partial charge in [0.1, 0.15) is 17.9 Å². The molecule has 0 atom stereocenters. The number of nitrogens with zero attached hydrogens (tertiary/aromatic N) is 2. The van der Waals surface area contributed by atoms with Gasteiger partial charge in [-0.25, -0.2) is 5.43 Å². The van der Waals surface area contributed by atoms with E-state index in [0.29, 0.717) is 16.9 Å². The molecule has 0 saturated heterocycles. The molecule has 4 rings (SSSR count). The Kier molecular flexibility index (Phi) is 6.85. The van der Waals surface area contributed by atoms with Crippen molar-refractivity contribution in [2.24, 2.45) is 5.10 Å². The molecule has 4 aromatic rings. The highest BCUT2D eigenvalue weighted by atomic mass is 79.9. The van der Waals surface area contributed by atoms with Crippen LogP contribution in [-0.4, -0.2) is 17.0 Å². The number of amides is 1. The minimum atomic E-state index is -0.470. The van der Waals surface area contributed by atoms with Crippen LogP contribution in [-0.2, 0) is 6.61 Å². The number of nitro benzene ring substituents is 1. The summed E-state index contributed by atoms with van der Waals surface area (Å²) in [7, 11) is 0. The second-order valence-corrected chi connectivity index (χ2v) is 8.67. The van der Waals surface area contributed by atoms with Crippen LogP contribution < -0.4 is 10.2 Å². The number of benzene rings is 3. The number of halogens is 2. The molecular formula is C23H15Br2N3O5. The molecule has 1 amide bonds. The molecule has 0 fully saturated rings. The summed E-state index contributed by atoms with van der Waals surface area (Å²) < 4.78 is 12.9. The number of hydrazone groups is 1. The maximum atomic E-state index is 12.3. The largest absolute Gasteiger partial charge is 0.489 e. The van der Waals surface area contributed by atoms with Crippen molar-refractivity contribution < 1.29 is 18.9 Å². The Morgan fingerprint density at radius 3 is 2.67 bits per heavy atom. The average Bonchev–Trinajstić information content (AvgIpc) is 3.23. The van der Waals surface area contributed by atoms with Gasteiger partial charge in [0.2, 0.25) is 0 Å². The van der Waals surface area contributed by atoms with E-state index in [-0.39, 0.29) is 18.1 Å². The van der Waals surface area contributed by atoms with Gasteiger partial charge >= 0.3 is 5.91 Å². The third kappa shape index (κ3) is 5.65. The number of hydrogen-bond acceptors (Lipinski definition) is 6. The van der Waals surface area contributed by atoms with Gasteiger partial charge in [0.25, 0.3) is 5.69 Å². The molecule has 8 nitrogen and oxygen atoms in total. The van der Waals surface area contributed by atoms with Gasteiger partial charge in [-0.1, -0.05) is 28.1 Å². The van der Waals surface area contributed by atoms with Gasteiger partial charge in [-0.3, -0.25) is 14.9 Å². The smallest absolute Gasteiger partial charge is 0.307 e. The lowest BCUT2D eigenvalue weighted by atomic mass is 10.2. The summed E-state index contributed by atoms with van der Waals surface area (Å²) in [4.78, 5) is 22.7. The van der Waals surface area contributed by atoms with Gasteiger partial charge in [-0.05, 0) is 69.5 Å². The number of rotatable bonds is 7. The fraction of sp³-hybridized carbons (Fsp3) is 0.0435. The van der Waals surface area contributed by atoms with Crippen LogP contribution in [0.15, 0.2) is 85.2 Å². The molecule has 1 heterocycles. The number of nitro groups is 1. The number of ether oxygens (including phenoxy) is 1. The summed E-state index contributed by atoms with van der Waals surface area (Å²) in [5, 5.41) is 15.6. The highest BCUT2D eigenvalue weighted by Crippen LogP contribution is 2.31. The van der Waals surface area contributed by atoms with Gasteiger partial charge in [-0.2, -0.15) is 5.10 Å². The van der Waals surface area contributed by atoms with E-state index in [2.05, 4.69) is 42.4 Å². The van der Waals surface area contributed by atoms with Gasteiger partial charge in [0.15, 0.2) is 5.76 Å². The summed E-state index contributed by atoms with van der Waals surface area (Å²) in [6.07, 6.45) is 1.50. The molecular weight excluding hydrogens is 558 g/mol. The zero-order chi connectivity index (χ0) is 23.4. The van der Waals surface area contributed by atoms with Crippen molar-refractivity contribution in [3.8, 4) is 5.75 Å². The Balaban J connectivity index is 1.33. The van der Waals surface area contributed by atoms with E-state index in [1.54, 1.807) is 42.5 Å². The quantitative estimate of drug-likeness (QED) is 0.161. The lowest BCUT2D eigenvalue weighted by molar-refractivity contribution is -0.384. The first kappa shape index (κ1) is 22.7. The number of carbonyl (C=O) groups is 1. The molecule has 3 aromatic carbocycles. The molecule has 0 unspecified atom stereocenters. The van der Waals surface area contributed by atoms with Crippen LogP contribution in [0, 0.1) is 10.1 Å². The number of nitrogens with one attached hydrogen (secondary N) is 1. The number of furan rings is 1. The predicted octanol–water partition coefficient (Wildman–Crippen LogP) is 6.21. The average molecular weight is 573 g/mol. The molecule has 1 aromatic heterocycles. The topological polar surface area (TPSA) is 107 Å². The van der Waals surface area contributed by atoms with E-state index in [4.69, 9.17) is 9.15 Å². The molecule has 0 radical (unpaired) electrons. The van der Waals surface area contributed by atoms with Gasteiger partial charge in [-0.15, -0.1) is 0 Å². The number of non-ortho nitro benzene ring substituents is 1. The fourth-order valence-electron chi connectivity index (χ4n) is 2.98. The van der Waals surface area contributed by atoms with Crippen molar-refractivity contribution >= 4 is 60.6 Å². The standard InChI is InChI=1S/C23H15Br2N3O5/c24-17-9-16-10-21(33-22(16)20(25)11-17)23(29)27-26-12-14-4-6-19(7-5-14)32-13-15-2-1-3-18(8-15)28(30)31/h1-12H,13H2,(H,27,29)/b26-12-. The highest BCUT2D eigenvalue weighted by Gasteiger charge is 2.14. The first-order valence-electron chi connectivity index (χ1n) is 9.57. The zero-order valence-electron chi connectivity index (χ0n) is 16.8. The van der Waals surface area contributed by atoms with Crippen LogP contribution in [0.5, 0.6) is 5.75 Å². The Morgan fingerprint density at radius 1 is 1.12 bits per heavy atom. The third-order valence-corrected chi connectivity index (χ3v) is 5.59. The third-order valence-electron chi connectivity index (χ3n) is 4.55. The Hall–Kier alpha value is -3.50. The van der Waals surface area contributed by atoms with Crippen molar-refractivity contribution in [2.75, 3.05) is 0 Å². The fourth-order valence-corrected chi connectivity index (χ4v) is 4.32. The molecule has 166 valence electrons. The van der Waals surface area contributed by atoms with Gasteiger partial charge in [0, 0.05) is 22.0 Å². The predicted molar refractivity (Wildman–Crippen MR) is 131 cm³/mol. The number of fused-ring (bicyclic) bond motifs is 1. The van der Waals surface area contributed by atoms with Crippen LogP contribution in [0.4, 0.5) is 5.69 Å². The molecule has 33 heavy (non-hydrogen) atoms. The Morgan fingerprint density at radius 2 is 1.91 bits per heavy atom. The number of carbonyl (C=O) groups excluding carboxylic acids is 1. The van der Waals surface area contributed by atoms with Gasteiger partial charge in [0.05, 0.1) is 15.6 Å². The van der Waals surface area contributed by atoms with Crippen LogP contribution in [0.25, 0.3) is 11.0 Å². The lowest BCUT2D eigenvalue weighted by Gasteiger charge is -2.06. The summed E-state index contributed by atoms with van der Waals surface area (Å²) in [5.41, 5.74) is 4.48. The van der Waals surface area contributed by atoms with E-state index in [9.17, 15) is 14.9 Å². The van der Waals surface area contributed by atoms with Crippen molar-refractivity contribution in [1.82, 2.24) is 5.43 Å². The van der Waals surface area contributed by atoms with E-state index in [0.717, 1.165) is 19.9 Å². The van der Waals surface area contributed by atoms with Crippen molar-refractivity contribution in [1.29, 1.82) is 0 Å². The Bertz CT molecular complexity index is 1370. The van der Waals surface area contributed by atoms with Crippen LogP contribution in [0.3, 0.4) is 0 Å². The van der Waals surface area contributed by atoms with Crippen LogP contribution in [0.1, 0.15) is 21.7 Å². The molecule has 0 saturated carbocycles. The van der Waals surface area contributed by atoms with Crippen LogP contribution in [0.2, 0.25) is 0 Å². The van der Waals surface area contributed by atoms with Gasteiger partial charge < -0.3 is 9.15 Å². The van der Waals surface area contributed by atoms with E-state index in [1.165, 1.54) is 18.3 Å². The normalized spacial score (nSPS) is 11.1. The molecule has 0 aliphatic carbocycles. The highest BCUT2D eigenvalue weighted by molar-refractivity contribution is 9.11. The monoisotopic (exact) mass is 571 g/mol. The first-order chi connectivity index (χ1) is 15.9.